The average Bonchev–Trinajstić information content (AvgIpc) is 3.33. The van der Waals surface area contributed by atoms with Crippen molar-refractivity contribution in [3.63, 3.8) is 0 Å². The third-order valence-electron chi connectivity index (χ3n) is 5.99. The Balaban J connectivity index is 1.50. The molecule has 0 saturated carbocycles. The number of fused-ring (bicyclic) bond motifs is 2. The summed E-state index contributed by atoms with van der Waals surface area (Å²) in [6.07, 6.45) is 1.20. The van der Waals surface area contributed by atoms with Gasteiger partial charge in [0.25, 0.3) is 10.0 Å². The topological polar surface area (TPSA) is 57.7 Å². The van der Waals surface area contributed by atoms with Gasteiger partial charge >= 0.3 is 0 Å². The summed E-state index contributed by atoms with van der Waals surface area (Å²) in [6, 6.07) is 18.6. The monoisotopic (exact) mass is 438 g/mol. The van der Waals surface area contributed by atoms with Gasteiger partial charge in [-0.05, 0) is 46.5 Å². The molecule has 154 valence electrons. The summed E-state index contributed by atoms with van der Waals surface area (Å²) in [7, 11) is -3.75. The van der Waals surface area contributed by atoms with E-state index in [9.17, 15) is 13.2 Å². The lowest BCUT2D eigenvalue weighted by atomic mass is 9.94. The Labute approximate surface area is 180 Å². The van der Waals surface area contributed by atoms with Gasteiger partial charge in [0.2, 0.25) is 5.91 Å². The van der Waals surface area contributed by atoms with Gasteiger partial charge in [0, 0.05) is 19.6 Å². The van der Waals surface area contributed by atoms with Crippen LogP contribution >= 0.6 is 11.3 Å². The van der Waals surface area contributed by atoms with Gasteiger partial charge in [0.15, 0.2) is 0 Å². The first-order chi connectivity index (χ1) is 14.5. The zero-order valence-corrected chi connectivity index (χ0v) is 18.0. The number of rotatable bonds is 3. The van der Waals surface area contributed by atoms with Crippen LogP contribution in [0.4, 0.5) is 0 Å². The van der Waals surface area contributed by atoms with E-state index in [1.165, 1.54) is 21.2 Å². The average molecular weight is 439 g/mol. The Hall–Kier alpha value is -2.48. The molecule has 3 heterocycles. The van der Waals surface area contributed by atoms with Crippen LogP contribution in [-0.2, 0) is 40.7 Å². The molecule has 0 spiro atoms. The Kier molecular flexibility index (Phi) is 4.97. The normalized spacial score (nSPS) is 19.2. The van der Waals surface area contributed by atoms with Gasteiger partial charge in [-0.3, -0.25) is 4.79 Å². The second-order valence-electron chi connectivity index (χ2n) is 7.75. The number of nitrogens with zero attached hydrogens (tertiary/aromatic N) is 2. The molecular formula is C23H22N2O3S2. The fourth-order valence-electron chi connectivity index (χ4n) is 4.38. The highest BCUT2D eigenvalue weighted by molar-refractivity contribution is 7.91. The van der Waals surface area contributed by atoms with E-state index in [-0.39, 0.29) is 16.7 Å². The molecule has 30 heavy (non-hydrogen) atoms. The molecule has 0 aliphatic carbocycles. The number of thiophene rings is 1. The third kappa shape index (κ3) is 3.37. The highest BCUT2D eigenvalue weighted by Crippen LogP contribution is 2.32. The summed E-state index contributed by atoms with van der Waals surface area (Å²) in [5.41, 5.74) is 4.41. The standard InChI is InChI=1S/C23H22N2O3S2/c26-23(24-12-11-17-6-1-3-8-19(17)15-24)21-14-18-7-2-4-9-20(18)16-25(21)30(27,28)22-10-5-13-29-22/h1-10,13,21H,11-12,14-16H2. The zero-order valence-electron chi connectivity index (χ0n) is 16.4. The fraction of sp³-hybridized carbons (Fsp3) is 0.261. The summed E-state index contributed by atoms with van der Waals surface area (Å²) >= 11 is 1.19. The van der Waals surface area contributed by atoms with E-state index < -0.39 is 16.1 Å². The van der Waals surface area contributed by atoms with Crippen molar-refractivity contribution in [2.45, 2.75) is 36.2 Å². The molecule has 7 heteroatoms. The molecule has 1 amide bonds. The molecule has 3 aromatic rings. The Morgan fingerprint density at radius 2 is 1.53 bits per heavy atom. The van der Waals surface area contributed by atoms with Crippen LogP contribution < -0.4 is 0 Å². The number of carbonyl (C=O) groups is 1. The maximum absolute atomic E-state index is 13.6. The van der Waals surface area contributed by atoms with Crippen LogP contribution in [0.2, 0.25) is 0 Å². The number of benzene rings is 2. The van der Waals surface area contributed by atoms with Crippen molar-refractivity contribution in [1.29, 1.82) is 0 Å². The Morgan fingerprint density at radius 1 is 0.867 bits per heavy atom. The molecule has 1 unspecified atom stereocenters. The molecule has 0 saturated heterocycles. The number of amides is 1. The molecule has 5 rings (SSSR count). The van der Waals surface area contributed by atoms with E-state index >= 15 is 0 Å². The van der Waals surface area contributed by atoms with Crippen LogP contribution in [0.5, 0.6) is 0 Å². The molecule has 2 aliphatic heterocycles. The molecule has 0 N–H and O–H groups in total. The SMILES string of the molecule is O=C(C1Cc2ccccc2CN1S(=O)(=O)c1cccs1)N1CCc2ccccc2C1. The molecule has 5 nitrogen and oxygen atoms in total. The van der Waals surface area contributed by atoms with E-state index in [2.05, 4.69) is 6.07 Å². The van der Waals surface area contributed by atoms with E-state index in [0.717, 1.165) is 23.1 Å². The fourth-order valence-corrected chi connectivity index (χ4v) is 7.06. The Morgan fingerprint density at radius 3 is 2.23 bits per heavy atom. The maximum Gasteiger partial charge on any atom is 0.253 e. The van der Waals surface area contributed by atoms with Crippen molar-refractivity contribution in [1.82, 2.24) is 9.21 Å². The van der Waals surface area contributed by atoms with Gasteiger partial charge in [0.1, 0.15) is 10.3 Å². The quantitative estimate of drug-likeness (QED) is 0.629. The van der Waals surface area contributed by atoms with E-state index in [0.29, 0.717) is 19.5 Å². The highest BCUT2D eigenvalue weighted by Gasteiger charge is 2.42. The summed E-state index contributed by atoms with van der Waals surface area (Å²) in [4.78, 5) is 15.4. The first-order valence-electron chi connectivity index (χ1n) is 10.0. The van der Waals surface area contributed by atoms with Gasteiger partial charge < -0.3 is 4.90 Å². The molecule has 2 aliphatic rings. The number of carbonyl (C=O) groups excluding carboxylic acids is 1. The second-order valence-corrected chi connectivity index (χ2v) is 10.8. The molecule has 2 aromatic carbocycles. The summed E-state index contributed by atoms with van der Waals surface area (Å²) in [5.74, 6) is -0.112. The van der Waals surface area contributed by atoms with Gasteiger partial charge in [-0.15, -0.1) is 11.3 Å². The summed E-state index contributed by atoms with van der Waals surface area (Å²) < 4.78 is 28.5. The number of hydrogen-bond donors (Lipinski definition) is 0. The van der Waals surface area contributed by atoms with Crippen LogP contribution in [-0.4, -0.2) is 36.1 Å². The van der Waals surface area contributed by atoms with Gasteiger partial charge in [-0.25, -0.2) is 8.42 Å². The van der Waals surface area contributed by atoms with Crippen LogP contribution in [0.25, 0.3) is 0 Å². The minimum Gasteiger partial charge on any atom is -0.337 e. The van der Waals surface area contributed by atoms with E-state index in [1.807, 2.05) is 47.4 Å². The van der Waals surface area contributed by atoms with Gasteiger partial charge in [-0.1, -0.05) is 54.6 Å². The molecule has 0 fully saturated rings. The lowest BCUT2D eigenvalue weighted by molar-refractivity contribution is -0.136. The summed E-state index contributed by atoms with van der Waals surface area (Å²) in [6.45, 7) is 1.36. The predicted octanol–water partition coefficient (Wildman–Crippen LogP) is 3.45. The largest absolute Gasteiger partial charge is 0.337 e. The summed E-state index contributed by atoms with van der Waals surface area (Å²) in [5, 5.41) is 1.75. The molecule has 0 radical (unpaired) electrons. The van der Waals surface area contributed by atoms with Crippen LogP contribution in [0, 0.1) is 0 Å². The Bertz CT molecular complexity index is 1190. The van der Waals surface area contributed by atoms with Crippen molar-refractivity contribution in [3.05, 3.63) is 88.3 Å². The number of hydrogen-bond acceptors (Lipinski definition) is 4. The van der Waals surface area contributed by atoms with Crippen molar-refractivity contribution in [2.75, 3.05) is 6.54 Å². The molecule has 1 aromatic heterocycles. The van der Waals surface area contributed by atoms with Gasteiger partial charge in [0.05, 0.1) is 0 Å². The zero-order chi connectivity index (χ0) is 20.7. The molecule has 0 bridgehead atoms. The first-order valence-corrected chi connectivity index (χ1v) is 12.3. The maximum atomic E-state index is 13.6. The van der Waals surface area contributed by atoms with Gasteiger partial charge in [-0.2, -0.15) is 4.31 Å². The molecular weight excluding hydrogens is 416 g/mol. The van der Waals surface area contributed by atoms with Crippen LogP contribution in [0.15, 0.2) is 70.3 Å². The van der Waals surface area contributed by atoms with Crippen LogP contribution in [0.1, 0.15) is 22.3 Å². The first kappa shape index (κ1) is 19.5. The lowest BCUT2D eigenvalue weighted by Crippen LogP contribution is -2.54. The van der Waals surface area contributed by atoms with Crippen molar-refractivity contribution >= 4 is 27.3 Å². The molecule has 1 atom stereocenters. The predicted molar refractivity (Wildman–Crippen MR) is 117 cm³/mol. The third-order valence-corrected chi connectivity index (χ3v) is 9.22. The van der Waals surface area contributed by atoms with Crippen molar-refractivity contribution in [3.8, 4) is 0 Å². The van der Waals surface area contributed by atoms with Crippen molar-refractivity contribution in [2.24, 2.45) is 0 Å². The second kappa shape index (κ2) is 7.65. The van der Waals surface area contributed by atoms with Crippen molar-refractivity contribution < 1.29 is 13.2 Å². The minimum absolute atomic E-state index is 0.112. The minimum atomic E-state index is -3.75. The lowest BCUT2D eigenvalue weighted by Gasteiger charge is -2.38. The van der Waals surface area contributed by atoms with E-state index in [4.69, 9.17) is 0 Å². The van der Waals surface area contributed by atoms with Crippen LogP contribution in [0.3, 0.4) is 0 Å². The number of sulfonamides is 1. The smallest absolute Gasteiger partial charge is 0.253 e. The highest BCUT2D eigenvalue weighted by atomic mass is 32.2. The van der Waals surface area contributed by atoms with E-state index in [1.54, 1.807) is 17.5 Å².